The molecule has 0 spiro atoms. The zero-order valence-electron chi connectivity index (χ0n) is 14.4. The predicted molar refractivity (Wildman–Crippen MR) is 102 cm³/mol. The molecule has 2 aromatic carbocycles. The third-order valence-electron chi connectivity index (χ3n) is 5.19. The van der Waals surface area contributed by atoms with Gasteiger partial charge >= 0.3 is 0 Å². The molecule has 2 atom stereocenters. The number of fused-ring (bicyclic) bond motifs is 1. The molecule has 2 aliphatic rings. The van der Waals surface area contributed by atoms with E-state index in [-0.39, 0.29) is 12.6 Å². The molecule has 0 bridgehead atoms. The minimum Gasteiger partial charge on any atom is -0.394 e. The number of aliphatic hydroxyl groups is 1. The Balaban J connectivity index is 1.70. The summed E-state index contributed by atoms with van der Waals surface area (Å²) in [6.45, 7) is 0.711. The van der Waals surface area contributed by atoms with E-state index in [1.165, 1.54) is 28.8 Å². The fourth-order valence-electron chi connectivity index (χ4n) is 4.11. The van der Waals surface area contributed by atoms with E-state index in [4.69, 9.17) is 5.10 Å². The highest BCUT2D eigenvalue weighted by Crippen LogP contribution is 2.44. The van der Waals surface area contributed by atoms with Crippen molar-refractivity contribution in [3.63, 3.8) is 0 Å². The molecular weight excluding hydrogens is 308 g/mol. The summed E-state index contributed by atoms with van der Waals surface area (Å²) >= 11 is 0. The fourth-order valence-corrected chi connectivity index (χ4v) is 4.11. The number of rotatable bonds is 4. The van der Waals surface area contributed by atoms with Crippen molar-refractivity contribution in [2.75, 3.05) is 13.2 Å². The van der Waals surface area contributed by atoms with Crippen LogP contribution in [-0.2, 0) is 0 Å². The second-order valence-corrected chi connectivity index (χ2v) is 6.81. The minimum atomic E-state index is 0.130. The predicted octanol–water partition coefficient (Wildman–Crippen LogP) is 4.28. The van der Waals surface area contributed by atoms with Crippen LogP contribution in [0.1, 0.15) is 36.4 Å². The maximum Gasteiger partial charge on any atom is 0.0805 e. The molecule has 1 N–H and O–H groups in total. The lowest BCUT2D eigenvalue weighted by molar-refractivity contribution is 0.151. The molecular formula is C22H24N2O. The van der Waals surface area contributed by atoms with E-state index >= 15 is 0 Å². The van der Waals surface area contributed by atoms with Gasteiger partial charge in [-0.15, -0.1) is 0 Å². The van der Waals surface area contributed by atoms with Crippen molar-refractivity contribution in [1.82, 2.24) is 5.01 Å². The first kappa shape index (κ1) is 16.1. The van der Waals surface area contributed by atoms with Gasteiger partial charge in [-0.3, -0.25) is 5.01 Å². The lowest BCUT2D eigenvalue weighted by Gasteiger charge is -2.30. The third kappa shape index (κ3) is 3.24. The zero-order valence-corrected chi connectivity index (χ0v) is 14.4. The molecule has 4 rings (SSSR count). The molecule has 1 fully saturated rings. The van der Waals surface area contributed by atoms with E-state index in [1.54, 1.807) is 0 Å². The Labute approximate surface area is 149 Å². The van der Waals surface area contributed by atoms with Crippen molar-refractivity contribution >= 4 is 11.8 Å². The third-order valence-corrected chi connectivity index (χ3v) is 5.19. The number of allylic oxidation sites excluding steroid dienone is 1. The molecule has 0 amide bonds. The summed E-state index contributed by atoms with van der Waals surface area (Å²) in [6.07, 6.45) is 5.72. The van der Waals surface area contributed by atoms with Crippen LogP contribution in [0.4, 0.5) is 0 Å². The summed E-state index contributed by atoms with van der Waals surface area (Å²) in [6, 6.07) is 21.3. The van der Waals surface area contributed by atoms with Gasteiger partial charge in [-0.2, -0.15) is 5.10 Å². The maximum atomic E-state index is 9.50. The van der Waals surface area contributed by atoms with Crippen LogP contribution < -0.4 is 0 Å². The van der Waals surface area contributed by atoms with E-state index in [0.29, 0.717) is 12.5 Å². The van der Waals surface area contributed by atoms with Crippen LogP contribution in [0, 0.1) is 5.92 Å². The monoisotopic (exact) mass is 332 g/mol. The molecule has 3 nitrogen and oxygen atoms in total. The van der Waals surface area contributed by atoms with Crippen LogP contribution in [-0.4, -0.2) is 29.0 Å². The smallest absolute Gasteiger partial charge is 0.0805 e. The van der Waals surface area contributed by atoms with Gasteiger partial charge in [0.1, 0.15) is 0 Å². The first-order valence-corrected chi connectivity index (χ1v) is 9.14. The van der Waals surface area contributed by atoms with Crippen molar-refractivity contribution in [2.45, 2.75) is 25.3 Å². The van der Waals surface area contributed by atoms with Crippen LogP contribution in [0.25, 0.3) is 6.08 Å². The Hall–Kier alpha value is -2.39. The van der Waals surface area contributed by atoms with Gasteiger partial charge in [-0.05, 0) is 42.0 Å². The van der Waals surface area contributed by atoms with Crippen molar-refractivity contribution in [3.05, 3.63) is 77.4 Å². The average molecular weight is 332 g/mol. The molecule has 1 heterocycles. The molecule has 128 valence electrons. The summed E-state index contributed by atoms with van der Waals surface area (Å²) in [5, 5.41) is 16.6. The van der Waals surface area contributed by atoms with Gasteiger partial charge in [-0.25, -0.2) is 0 Å². The summed E-state index contributed by atoms with van der Waals surface area (Å²) in [4.78, 5) is 0. The molecule has 1 aliphatic heterocycles. The van der Waals surface area contributed by atoms with Crippen LogP contribution in [0.3, 0.4) is 0 Å². The number of hydrogen-bond donors (Lipinski definition) is 1. The van der Waals surface area contributed by atoms with E-state index in [1.807, 2.05) is 6.07 Å². The second-order valence-electron chi connectivity index (χ2n) is 6.81. The molecule has 25 heavy (non-hydrogen) atoms. The van der Waals surface area contributed by atoms with Gasteiger partial charge in [0.2, 0.25) is 0 Å². The van der Waals surface area contributed by atoms with Crippen LogP contribution in [0.15, 0.2) is 71.3 Å². The number of hydrogen-bond acceptors (Lipinski definition) is 3. The maximum absolute atomic E-state index is 9.50. The molecule has 1 aliphatic carbocycles. The summed E-state index contributed by atoms with van der Waals surface area (Å²) < 4.78 is 0. The van der Waals surface area contributed by atoms with E-state index in [9.17, 15) is 5.11 Å². The number of hydrazone groups is 1. The number of benzene rings is 2. The Morgan fingerprint density at radius 1 is 1.04 bits per heavy atom. The Morgan fingerprint density at radius 2 is 1.76 bits per heavy atom. The molecule has 0 aromatic heterocycles. The first-order chi connectivity index (χ1) is 12.4. The summed E-state index contributed by atoms with van der Waals surface area (Å²) in [5.74, 6) is 0.415. The van der Waals surface area contributed by atoms with Crippen molar-refractivity contribution in [2.24, 2.45) is 11.0 Å². The topological polar surface area (TPSA) is 35.8 Å². The fraction of sp³-hybridized carbons (Fsp3) is 0.318. The molecule has 0 radical (unpaired) electrons. The largest absolute Gasteiger partial charge is 0.394 e. The summed E-state index contributed by atoms with van der Waals surface area (Å²) in [5.41, 5.74) is 5.10. The summed E-state index contributed by atoms with van der Waals surface area (Å²) in [7, 11) is 0. The second kappa shape index (κ2) is 7.24. The standard InChI is InChI=1S/C22H24N2O/c25-15-14-24-22(18-10-5-2-6-11-18)20-13-7-12-19(21(20)23-24)16-17-8-3-1-4-9-17/h1-6,8-11,16,20,22,25H,7,12-15H2. The van der Waals surface area contributed by atoms with Crippen LogP contribution in [0.5, 0.6) is 0 Å². The molecule has 2 unspecified atom stereocenters. The van der Waals surface area contributed by atoms with E-state index in [0.717, 1.165) is 12.8 Å². The highest BCUT2D eigenvalue weighted by Gasteiger charge is 2.40. The van der Waals surface area contributed by atoms with Gasteiger partial charge in [0.25, 0.3) is 0 Å². The Bertz CT molecular complexity index is 767. The van der Waals surface area contributed by atoms with Crippen molar-refractivity contribution in [3.8, 4) is 0 Å². The Morgan fingerprint density at radius 3 is 2.48 bits per heavy atom. The first-order valence-electron chi connectivity index (χ1n) is 9.14. The van der Waals surface area contributed by atoms with Gasteiger partial charge < -0.3 is 5.11 Å². The highest BCUT2D eigenvalue weighted by molar-refractivity contribution is 6.07. The molecule has 0 saturated heterocycles. The van der Waals surface area contributed by atoms with Gasteiger partial charge in [0, 0.05) is 5.92 Å². The molecule has 1 saturated carbocycles. The quantitative estimate of drug-likeness (QED) is 0.907. The van der Waals surface area contributed by atoms with E-state index in [2.05, 4.69) is 65.7 Å². The van der Waals surface area contributed by atoms with Crippen molar-refractivity contribution in [1.29, 1.82) is 0 Å². The Kier molecular flexibility index (Phi) is 4.66. The average Bonchev–Trinajstić information content (AvgIpc) is 3.03. The molecule has 3 heteroatoms. The number of nitrogens with zero attached hydrogens (tertiary/aromatic N) is 2. The highest BCUT2D eigenvalue weighted by atomic mass is 16.3. The van der Waals surface area contributed by atoms with Crippen molar-refractivity contribution < 1.29 is 5.11 Å². The van der Waals surface area contributed by atoms with E-state index < -0.39 is 0 Å². The lowest BCUT2D eigenvalue weighted by Crippen LogP contribution is -2.29. The van der Waals surface area contributed by atoms with Crippen LogP contribution >= 0.6 is 0 Å². The molecule has 2 aromatic rings. The van der Waals surface area contributed by atoms with Gasteiger partial charge in [0.05, 0.1) is 24.9 Å². The number of β-amino-alcohol motifs (C(OH)–C–C–N with tert-alkyl or cyclic N) is 1. The zero-order chi connectivity index (χ0) is 17.1. The van der Waals surface area contributed by atoms with Gasteiger partial charge in [-0.1, -0.05) is 60.7 Å². The SMILES string of the molecule is OCCN1N=C2C(=Cc3ccccc3)CCCC2C1c1ccccc1. The minimum absolute atomic E-state index is 0.130. The number of aliphatic hydroxyl groups excluding tert-OH is 1. The van der Waals surface area contributed by atoms with Crippen LogP contribution in [0.2, 0.25) is 0 Å². The normalized spacial score (nSPS) is 24.3. The van der Waals surface area contributed by atoms with Gasteiger partial charge in [0.15, 0.2) is 0 Å². The lowest BCUT2D eigenvalue weighted by atomic mass is 9.77.